The lowest BCUT2D eigenvalue weighted by molar-refractivity contribution is -0.390. The van der Waals surface area contributed by atoms with Gasteiger partial charge in [-0.15, -0.1) is 0 Å². The van der Waals surface area contributed by atoms with Gasteiger partial charge in [0, 0.05) is 0 Å². The predicted octanol–water partition coefficient (Wildman–Crippen LogP) is 3.14. The average Bonchev–Trinajstić information content (AvgIpc) is 2.58. The van der Waals surface area contributed by atoms with Crippen molar-refractivity contribution in [2.75, 3.05) is 6.61 Å². The molecule has 0 aliphatic rings. The minimum absolute atomic E-state index is 0.0801. The molecular weight excluding hydrogens is 300 g/mol. The largest absolute Gasteiger partial charge is 0.481 e. The highest BCUT2D eigenvalue weighted by Gasteiger charge is 2.15. The van der Waals surface area contributed by atoms with Crippen LogP contribution in [0.2, 0.25) is 0 Å². The van der Waals surface area contributed by atoms with Crippen LogP contribution in [-0.4, -0.2) is 22.5 Å². The van der Waals surface area contributed by atoms with Crippen LogP contribution >= 0.6 is 0 Å². The van der Waals surface area contributed by atoms with Gasteiger partial charge in [-0.25, -0.2) is 4.79 Å². The van der Waals surface area contributed by atoms with E-state index < -0.39 is 10.9 Å². The molecule has 0 N–H and O–H groups in total. The van der Waals surface area contributed by atoms with Crippen LogP contribution in [0.4, 0.5) is 5.82 Å². The Hall–Kier alpha value is -2.96. The quantitative estimate of drug-likeness (QED) is 0.443. The lowest BCUT2D eigenvalue weighted by Crippen LogP contribution is -2.07. The summed E-state index contributed by atoms with van der Waals surface area (Å²) in [5.41, 5.74) is 1.12. The molecule has 7 nitrogen and oxygen atoms in total. The summed E-state index contributed by atoms with van der Waals surface area (Å²) in [7, 11) is 0. The fourth-order valence-electron chi connectivity index (χ4n) is 1.86. The molecule has 0 fully saturated rings. The van der Waals surface area contributed by atoms with Crippen molar-refractivity contribution in [1.82, 2.24) is 4.98 Å². The summed E-state index contributed by atoms with van der Waals surface area (Å²) in [6, 6.07) is 9.79. The minimum Gasteiger partial charge on any atom is -0.481 e. The zero-order valence-electron chi connectivity index (χ0n) is 12.6. The molecular formula is C16H16N2O5. The summed E-state index contributed by atoms with van der Waals surface area (Å²) >= 11 is 0. The van der Waals surface area contributed by atoms with Gasteiger partial charge in [0.05, 0.1) is 12.2 Å². The van der Waals surface area contributed by atoms with Gasteiger partial charge in [-0.3, -0.25) is 0 Å². The van der Waals surface area contributed by atoms with E-state index in [2.05, 4.69) is 4.98 Å². The summed E-state index contributed by atoms with van der Waals surface area (Å²) < 4.78 is 10.5. The van der Waals surface area contributed by atoms with E-state index >= 15 is 0 Å². The van der Waals surface area contributed by atoms with Gasteiger partial charge in [-0.05, 0) is 46.2 Å². The zero-order chi connectivity index (χ0) is 16.7. The number of hydrogen-bond acceptors (Lipinski definition) is 6. The van der Waals surface area contributed by atoms with Gasteiger partial charge < -0.3 is 19.6 Å². The third-order valence-electron chi connectivity index (χ3n) is 2.92. The second-order valence-corrected chi connectivity index (χ2v) is 4.71. The Balaban J connectivity index is 2.07. The molecule has 1 aromatic heterocycles. The van der Waals surface area contributed by atoms with Crippen molar-refractivity contribution in [2.24, 2.45) is 0 Å². The first-order chi connectivity index (χ1) is 11.1. The van der Waals surface area contributed by atoms with Crippen LogP contribution in [-0.2, 0) is 11.3 Å². The van der Waals surface area contributed by atoms with Gasteiger partial charge in [0.2, 0.25) is 5.75 Å². The van der Waals surface area contributed by atoms with Crippen LogP contribution in [0.25, 0.3) is 0 Å². The van der Waals surface area contributed by atoms with E-state index in [1.807, 2.05) is 6.92 Å². The van der Waals surface area contributed by atoms with Crippen molar-refractivity contribution in [3.63, 3.8) is 0 Å². The molecule has 120 valence electrons. The van der Waals surface area contributed by atoms with Crippen LogP contribution < -0.4 is 4.74 Å². The first-order valence-corrected chi connectivity index (χ1v) is 7.10. The maximum atomic E-state index is 11.8. The molecule has 0 atom stereocenters. The number of aromatic nitrogens is 1. The molecule has 0 saturated heterocycles. The fraction of sp³-hybridized carbons (Fsp3) is 0.250. The number of esters is 1. The highest BCUT2D eigenvalue weighted by Crippen LogP contribution is 2.24. The van der Waals surface area contributed by atoms with E-state index in [0.717, 1.165) is 6.42 Å². The normalized spacial score (nSPS) is 10.1. The number of nitro groups is 1. The summed E-state index contributed by atoms with van der Waals surface area (Å²) in [6.07, 6.45) is 2.08. The number of nitrogens with zero attached hydrogens (tertiary/aromatic N) is 2. The summed E-state index contributed by atoms with van der Waals surface area (Å²) in [5, 5.41) is 10.9. The summed E-state index contributed by atoms with van der Waals surface area (Å²) in [6.45, 7) is 2.36. The summed E-state index contributed by atoms with van der Waals surface area (Å²) in [5.74, 6) is -0.663. The average molecular weight is 316 g/mol. The van der Waals surface area contributed by atoms with E-state index in [1.54, 1.807) is 30.3 Å². The Morgan fingerprint density at radius 1 is 1.30 bits per heavy atom. The number of carbonyl (C=O) groups is 1. The highest BCUT2D eigenvalue weighted by molar-refractivity contribution is 5.89. The fourth-order valence-corrected chi connectivity index (χ4v) is 1.86. The van der Waals surface area contributed by atoms with Gasteiger partial charge in [-0.1, -0.05) is 19.1 Å². The van der Waals surface area contributed by atoms with E-state index in [4.69, 9.17) is 9.47 Å². The Bertz CT molecular complexity index is 702. The number of pyridine rings is 1. The molecule has 0 unspecified atom stereocenters. The Morgan fingerprint density at radius 3 is 2.87 bits per heavy atom. The third kappa shape index (κ3) is 4.50. The van der Waals surface area contributed by atoms with Gasteiger partial charge in [-0.2, -0.15) is 0 Å². The minimum atomic E-state index is -0.603. The molecule has 0 bridgehead atoms. The molecule has 1 heterocycles. The van der Waals surface area contributed by atoms with Crippen molar-refractivity contribution in [3.8, 4) is 5.75 Å². The highest BCUT2D eigenvalue weighted by atomic mass is 16.6. The Morgan fingerprint density at radius 2 is 2.13 bits per heavy atom. The van der Waals surface area contributed by atoms with E-state index in [9.17, 15) is 14.9 Å². The lowest BCUT2D eigenvalue weighted by atomic mass is 10.1. The first-order valence-electron chi connectivity index (χ1n) is 7.10. The van der Waals surface area contributed by atoms with Gasteiger partial charge >= 0.3 is 11.8 Å². The Kier molecular flexibility index (Phi) is 5.62. The lowest BCUT2D eigenvalue weighted by Gasteiger charge is -2.08. The number of ether oxygens (including phenoxy) is 2. The van der Waals surface area contributed by atoms with Crippen LogP contribution in [0.5, 0.6) is 5.75 Å². The van der Waals surface area contributed by atoms with Gasteiger partial charge in [0.25, 0.3) is 0 Å². The number of benzene rings is 1. The number of carbonyl (C=O) groups excluding carboxylic acids is 1. The summed E-state index contributed by atoms with van der Waals surface area (Å²) in [4.78, 5) is 25.8. The van der Waals surface area contributed by atoms with Crippen molar-refractivity contribution in [1.29, 1.82) is 0 Å². The van der Waals surface area contributed by atoms with Crippen LogP contribution in [0.3, 0.4) is 0 Å². The third-order valence-corrected chi connectivity index (χ3v) is 2.92. The maximum Gasteiger partial charge on any atom is 0.406 e. The van der Waals surface area contributed by atoms with Gasteiger partial charge in [0.1, 0.15) is 12.8 Å². The first kappa shape index (κ1) is 16.4. The molecule has 2 rings (SSSR count). The molecule has 23 heavy (non-hydrogen) atoms. The molecule has 0 aliphatic carbocycles. The van der Waals surface area contributed by atoms with Crippen molar-refractivity contribution >= 4 is 11.8 Å². The molecule has 0 saturated carbocycles. The topological polar surface area (TPSA) is 91.6 Å². The van der Waals surface area contributed by atoms with E-state index in [1.165, 1.54) is 12.3 Å². The van der Waals surface area contributed by atoms with Crippen LogP contribution in [0, 0.1) is 10.1 Å². The Labute approximate surface area is 133 Å². The molecule has 0 aliphatic heterocycles. The van der Waals surface area contributed by atoms with Crippen molar-refractivity contribution in [3.05, 3.63) is 63.8 Å². The van der Waals surface area contributed by atoms with Crippen molar-refractivity contribution in [2.45, 2.75) is 20.0 Å². The van der Waals surface area contributed by atoms with Crippen molar-refractivity contribution < 1.29 is 19.2 Å². The second-order valence-electron chi connectivity index (χ2n) is 4.71. The van der Waals surface area contributed by atoms with Crippen LogP contribution in [0.1, 0.15) is 29.3 Å². The second kappa shape index (κ2) is 7.88. The molecule has 2 aromatic rings. The molecule has 0 spiro atoms. The molecule has 0 radical (unpaired) electrons. The molecule has 1 aromatic carbocycles. The number of hydrogen-bond donors (Lipinski definition) is 0. The van der Waals surface area contributed by atoms with E-state index in [-0.39, 0.29) is 18.2 Å². The SMILES string of the molecule is CCCOC(=O)c1cccc(COc2cccnc2[N+](=O)[O-])c1. The maximum absolute atomic E-state index is 11.8. The van der Waals surface area contributed by atoms with Gasteiger partial charge in [0.15, 0.2) is 0 Å². The monoisotopic (exact) mass is 316 g/mol. The van der Waals surface area contributed by atoms with Crippen LogP contribution in [0.15, 0.2) is 42.6 Å². The van der Waals surface area contributed by atoms with E-state index in [0.29, 0.717) is 17.7 Å². The zero-order valence-corrected chi connectivity index (χ0v) is 12.6. The standard InChI is InChI=1S/C16H16N2O5/c1-2-9-22-16(19)13-6-3-5-12(10-13)11-23-14-7-4-8-17-15(14)18(20)21/h3-8,10H,2,9,11H2,1H3. The number of rotatable bonds is 7. The predicted molar refractivity (Wildman–Crippen MR) is 82.2 cm³/mol. The molecule has 7 heteroatoms. The smallest absolute Gasteiger partial charge is 0.406 e. The molecule has 0 amide bonds.